The fourth-order valence-electron chi connectivity index (χ4n) is 2.44. The monoisotopic (exact) mass is 211 g/mol. The molecule has 0 aromatic carbocycles. The van der Waals surface area contributed by atoms with E-state index in [9.17, 15) is 9.59 Å². The second-order valence-electron chi connectivity index (χ2n) is 4.55. The number of piperidine rings is 1. The number of carbonyl (C=O) groups is 2. The molecule has 2 aliphatic rings. The Hall–Kier alpha value is -1.06. The lowest BCUT2D eigenvalue weighted by Gasteiger charge is -2.42. The third kappa shape index (κ3) is 2.13. The first-order chi connectivity index (χ1) is 7.18. The molecule has 1 saturated carbocycles. The Labute approximate surface area is 89.3 Å². The molecule has 1 atom stereocenters. The molecule has 1 unspecified atom stereocenters. The highest BCUT2D eigenvalue weighted by atomic mass is 16.4. The standard InChI is InChI=1S/C11H17NO3/c13-10(14)7-8-3-2-6-12(11(8)15)9-4-1-5-9/h8-9H,1-7H2,(H,13,14). The lowest BCUT2D eigenvalue weighted by molar-refractivity contribution is -0.149. The van der Waals surface area contributed by atoms with Crippen molar-refractivity contribution in [2.45, 2.75) is 44.6 Å². The van der Waals surface area contributed by atoms with E-state index in [4.69, 9.17) is 5.11 Å². The molecule has 2 fully saturated rings. The molecule has 1 N–H and O–H groups in total. The van der Waals surface area contributed by atoms with Gasteiger partial charge in [0.1, 0.15) is 0 Å². The zero-order valence-electron chi connectivity index (χ0n) is 8.82. The summed E-state index contributed by atoms with van der Waals surface area (Å²) in [5.74, 6) is -1.05. The summed E-state index contributed by atoms with van der Waals surface area (Å²) in [6, 6.07) is 0.411. The van der Waals surface area contributed by atoms with Crippen LogP contribution in [-0.4, -0.2) is 34.5 Å². The summed E-state index contributed by atoms with van der Waals surface area (Å²) >= 11 is 0. The van der Waals surface area contributed by atoms with Gasteiger partial charge in [-0.3, -0.25) is 9.59 Å². The van der Waals surface area contributed by atoms with Crippen LogP contribution >= 0.6 is 0 Å². The average Bonchev–Trinajstić information content (AvgIpc) is 2.08. The van der Waals surface area contributed by atoms with Gasteiger partial charge in [0.2, 0.25) is 5.91 Å². The SMILES string of the molecule is O=C(O)CC1CCCN(C2CCC2)C1=O. The third-order valence-electron chi connectivity index (χ3n) is 3.52. The average molecular weight is 211 g/mol. The molecule has 0 bridgehead atoms. The largest absolute Gasteiger partial charge is 0.481 e. The van der Waals surface area contributed by atoms with Crippen LogP contribution in [0.1, 0.15) is 38.5 Å². The first-order valence-electron chi connectivity index (χ1n) is 5.71. The van der Waals surface area contributed by atoms with Crippen molar-refractivity contribution in [3.05, 3.63) is 0 Å². The Balaban J connectivity index is 1.96. The number of nitrogens with zero attached hydrogens (tertiary/aromatic N) is 1. The van der Waals surface area contributed by atoms with Gasteiger partial charge in [-0.1, -0.05) is 0 Å². The number of hydrogen-bond acceptors (Lipinski definition) is 2. The number of hydrogen-bond donors (Lipinski definition) is 1. The minimum absolute atomic E-state index is 0.00204. The van der Waals surface area contributed by atoms with Gasteiger partial charge in [0.05, 0.1) is 6.42 Å². The van der Waals surface area contributed by atoms with Gasteiger partial charge in [0.25, 0.3) is 0 Å². The van der Waals surface area contributed by atoms with Crippen LogP contribution in [0.3, 0.4) is 0 Å². The predicted octanol–water partition coefficient (Wildman–Crippen LogP) is 1.25. The van der Waals surface area contributed by atoms with Crippen LogP contribution in [0.5, 0.6) is 0 Å². The second kappa shape index (κ2) is 4.21. The Morgan fingerprint density at radius 3 is 2.60 bits per heavy atom. The summed E-state index contributed by atoms with van der Waals surface area (Å²) in [6.07, 6.45) is 5.12. The molecule has 1 aliphatic heterocycles. The molecule has 0 radical (unpaired) electrons. The van der Waals surface area contributed by atoms with Gasteiger partial charge >= 0.3 is 5.97 Å². The van der Waals surface area contributed by atoms with E-state index in [1.54, 1.807) is 0 Å². The van der Waals surface area contributed by atoms with E-state index in [1.807, 2.05) is 4.90 Å². The van der Waals surface area contributed by atoms with Crippen LogP contribution in [0.4, 0.5) is 0 Å². The van der Waals surface area contributed by atoms with Crippen LogP contribution in [0.15, 0.2) is 0 Å². The predicted molar refractivity (Wildman–Crippen MR) is 54.3 cm³/mol. The normalized spacial score (nSPS) is 27.6. The number of aliphatic carboxylic acids is 1. The van der Waals surface area contributed by atoms with Crippen molar-refractivity contribution in [2.75, 3.05) is 6.54 Å². The van der Waals surface area contributed by atoms with Crippen molar-refractivity contribution in [2.24, 2.45) is 5.92 Å². The van der Waals surface area contributed by atoms with E-state index in [-0.39, 0.29) is 18.2 Å². The molecule has 15 heavy (non-hydrogen) atoms. The van der Waals surface area contributed by atoms with E-state index in [1.165, 1.54) is 6.42 Å². The summed E-state index contributed by atoms with van der Waals surface area (Å²) < 4.78 is 0. The van der Waals surface area contributed by atoms with E-state index < -0.39 is 5.97 Å². The molecule has 84 valence electrons. The Morgan fingerprint density at radius 2 is 2.07 bits per heavy atom. The lowest BCUT2D eigenvalue weighted by Crippen LogP contribution is -2.50. The number of carboxylic acid groups (broad SMARTS) is 1. The van der Waals surface area contributed by atoms with Crippen LogP contribution in [0, 0.1) is 5.92 Å². The van der Waals surface area contributed by atoms with Gasteiger partial charge in [0, 0.05) is 18.5 Å². The molecule has 1 aliphatic carbocycles. The van der Waals surface area contributed by atoms with Gasteiger partial charge in [-0.15, -0.1) is 0 Å². The number of rotatable bonds is 3. The fraction of sp³-hybridized carbons (Fsp3) is 0.818. The Kier molecular flexibility index (Phi) is 2.93. The minimum Gasteiger partial charge on any atom is -0.481 e. The lowest BCUT2D eigenvalue weighted by atomic mass is 9.86. The molecule has 1 amide bonds. The third-order valence-corrected chi connectivity index (χ3v) is 3.52. The van der Waals surface area contributed by atoms with Gasteiger partial charge in [-0.05, 0) is 32.1 Å². The second-order valence-corrected chi connectivity index (χ2v) is 4.55. The molecule has 1 saturated heterocycles. The van der Waals surface area contributed by atoms with E-state index in [2.05, 4.69) is 0 Å². The molecular formula is C11H17NO3. The smallest absolute Gasteiger partial charge is 0.304 e. The van der Waals surface area contributed by atoms with Crippen LogP contribution < -0.4 is 0 Å². The fourth-order valence-corrected chi connectivity index (χ4v) is 2.44. The van der Waals surface area contributed by atoms with Crippen molar-refractivity contribution in [1.29, 1.82) is 0 Å². The summed E-state index contributed by atoms with van der Waals surface area (Å²) in [5.41, 5.74) is 0. The van der Waals surface area contributed by atoms with Crippen molar-refractivity contribution >= 4 is 11.9 Å². The van der Waals surface area contributed by atoms with Gasteiger partial charge in [0.15, 0.2) is 0 Å². The molecule has 4 heteroatoms. The highest BCUT2D eigenvalue weighted by Gasteiger charge is 2.36. The van der Waals surface area contributed by atoms with Gasteiger partial charge in [-0.2, -0.15) is 0 Å². The topological polar surface area (TPSA) is 57.6 Å². The summed E-state index contributed by atoms with van der Waals surface area (Å²) in [7, 11) is 0. The molecule has 0 aromatic rings. The van der Waals surface area contributed by atoms with E-state index in [0.717, 1.165) is 32.2 Å². The summed E-state index contributed by atoms with van der Waals surface area (Å²) in [5, 5.41) is 8.71. The first-order valence-corrected chi connectivity index (χ1v) is 5.71. The van der Waals surface area contributed by atoms with Crippen molar-refractivity contribution < 1.29 is 14.7 Å². The molecule has 0 spiro atoms. The van der Waals surface area contributed by atoms with Gasteiger partial charge in [-0.25, -0.2) is 0 Å². The Bertz CT molecular complexity index is 273. The quantitative estimate of drug-likeness (QED) is 0.764. The summed E-state index contributed by atoms with van der Waals surface area (Å²) in [4.78, 5) is 24.5. The molecule has 4 nitrogen and oxygen atoms in total. The van der Waals surface area contributed by atoms with Crippen LogP contribution in [-0.2, 0) is 9.59 Å². The van der Waals surface area contributed by atoms with Crippen LogP contribution in [0.25, 0.3) is 0 Å². The molecule has 2 rings (SSSR count). The molecule has 1 heterocycles. The van der Waals surface area contributed by atoms with Crippen molar-refractivity contribution in [3.8, 4) is 0 Å². The van der Waals surface area contributed by atoms with Gasteiger partial charge < -0.3 is 10.0 Å². The summed E-state index contributed by atoms with van der Waals surface area (Å²) in [6.45, 7) is 0.833. The number of carbonyl (C=O) groups excluding carboxylic acids is 1. The maximum atomic E-state index is 12.0. The molecular weight excluding hydrogens is 194 g/mol. The van der Waals surface area contributed by atoms with E-state index >= 15 is 0 Å². The highest BCUT2D eigenvalue weighted by molar-refractivity contribution is 5.84. The number of carboxylic acids is 1. The zero-order chi connectivity index (χ0) is 10.8. The maximum absolute atomic E-state index is 12.0. The van der Waals surface area contributed by atoms with Crippen LogP contribution in [0.2, 0.25) is 0 Å². The minimum atomic E-state index is -0.858. The van der Waals surface area contributed by atoms with E-state index in [0.29, 0.717) is 6.04 Å². The Morgan fingerprint density at radius 1 is 1.33 bits per heavy atom. The highest BCUT2D eigenvalue weighted by Crippen LogP contribution is 2.30. The number of amides is 1. The maximum Gasteiger partial charge on any atom is 0.304 e. The van der Waals surface area contributed by atoms with Crippen molar-refractivity contribution in [1.82, 2.24) is 4.90 Å². The zero-order valence-corrected chi connectivity index (χ0v) is 8.82. The molecule has 0 aromatic heterocycles. The van der Waals surface area contributed by atoms with Crippen molar-refractivity contribution in [3.63, 3.8) is 0 Å². The number of likely N-dealkylation sites (tertiary alicyclic amines) is 1. The first kappa shape index (κ1) is 10.5.